The van der Waals surface area contributed by atoms with Gasteiger partial charge in [-0.1, -0.05) is 13.8 Å². The van der Waals surface area contributed by atoms with Gasteiger partial charge in [-0.25, -0.2) is 4.98 Å². The highest BCUT2D eigenvalue weighted by atomic mass is 16.5. The number of fused-ring (bicyclic) bond motifs is 1. The predicted octanol–water partition coefficient (Wildman–Crippen LogP) is 3.15. The van der Waals surface area contributed by atoms with Gasteiger partial charge in [-0.3, -0.25) is 4.79 Å². The van der Waals surface area contributed by atoms with Crippen LogP contribution in [0.4, 0.5) is 5.82 Å². The van der Waals surface area contributed by atoms with Gasteiger partial charge in [0.2, 0.25) is 5.91 Å². The lowest BCUT2D eigenvalue weighted by atomic mass is 9.91. The summed E-state index contributed by atoms with van der Waals surface area (Å²) in [7, 11) is 1.67. The molecule has 1 aromatic heterocycles. The van der Waals surface area contributed by atoms with Crippen molar-refractivity contribution >= 4 is 22.6 Å². The average Bonchev–Trinajstić information content (AvgIpc) is 2.97. The average molecular weight is 341 g/mol. The number of aryl methyl sites for hydroxylation is 1. The molecule has 1 amide bonds. The monoisotopic (exact) mass is 341 g/mol. The SMILES string of the molecule is COc1ccc2c(C)cc(N3C[C@@H](NC(C)=O)[C@H](C(C)C)C3)nc2c1. The summed E-state index contributed by atoms with van der Waals surface area (Å²) >= 11 is 0. The fraction of sp³-hybridized carbons (Fsp3) is 0.500. The third-order valence-electron chi connectivity index (χ3n) is 5.14. The Morgan fingerprint density at radius 3 is 2.72 bits per heavy atom. The van der Waals surface area contributed by atoms with Crippen molar-refractivity contribution in [3.8, 4) is 5.75 Å². The maximum absolute atomic E-state index is 11.6. The Labute approximate surface area is 149 Å². The summed E-state index contributed by atoms with van der Waals surface area (Å²) in [6.07, 6.45) is 0. The molecule has 0 bridgehead atoms. The summed E-state index contributed by atoms with van der Waals surface area (Å²) in [5.41, 5.74) is 2.14. The Kier molecular flexibility index (Phi) is 4.84. The first-order valence-electron chi connectivity index (χ1n) is 8.86. The van der Waals surface area contributed by atoms with Crippen molar-refractivity contribution < 1.29 is 9.53 Å². The molecule has 3 rings (SSSR count). The minimum Gasteiger partial charge on any atom is -0.497 e. The zero-order valence-corrected chi connectivity index (χ0v) is 15.7. The number of nitrogens with zero attached hydrogens (tertiary/aromatic N) is 2. The second-order valence-corrected chi connectivity index (χ2v) is 7.30. The fourth-order valence-electron chi connectivity index (χ4n) is 3.76. The van der Waals surface area contributed by atoms with E-state index in [-0.39, 0.29) is 11.9 Å². The summed E-state index contributed by atoms with van der Waals surface area (Å²) in [5.74, 6) is 2.74. The maximum Gasteiger partial charge on any atom is 0.217 e. The number of nitrogens with one attached hydrogen (secondary N) is 1. The van der Waals surface area contributed by atoms with Crippen molar-refractivity contribution in [3.63, 3.8) is 0 Å². The smallest absolute Gasteiger partial charge is 0.217 e. The Bertz CT molecular complexity index is 788. The number of carbonyl (C=O) groups is 1. The number of ether oxygens (including phenoxy) is 1. The maximum atomic E-state index is 11.6. The molecule has 0 saturated carbocycles. The van der Waals surface area contributed by atoms with Crippen LogP contribution in [0.5, 0.6) is 5.75 Å². The van der Waals surface area contributed by atoms with E-state index in [0.29, 0.717) is 11.8 Å². The molecular formula is C20H27N3O2. The highest BCUT2D eigenvalue weighted by molar-refractivity contribution is 5.85. The molecule has 1 aromatic carbocycles. The Morgan fingerprint density at radius 1 is 1.32 bits per heavy atom. The van der Waals surface area contributed by atoms with Crippen molar-refractivity contribution in [3.05, 3.63) is 29.8 Å². The zero-order valence-electron chi connectivity index (χ0n) is 15.7. The van der Waals surface area contributed by atoms with E-state index in [1.807, 2.05) is 12.1 Å². The van der Waals surface area contributed by atoms with Crippen molar-refractivity contribution in [2.24, 2.45) is 11.8 Å². The molecule has 25 heavy (non-hydrogen) atoms. The van der Waals surface area contributed by atoms with Crippen LogP contribution in [0.3, 0.4) is 0 Å². The molecule has 1 N–H and O–H groups in total. The van der Waals surface area contributed by atoms with Gasteiger partial charge in [-0.05, 0) is 36.6 Å². The Hall–Kier alpha value is -2.30. The molecular weight excluding hydrogens is 314 g/mol. The van der Waals surface area contributed by atoms with Crippen LogP contribution in [0.1, 0.15) is 26.3 Å². The Morgan fingerprint density at radius 2 is 2.08 bits per heavy atom. The van der Waals surface area contributed by atoms with Crippen LogP contribution in [0.15, 0.2) is 24.3 Å². The molecule has 1 saturated heterocycles. The van der Waals surface area contributed by atoms with Crippen LogP contribution in [-0.4, -0.2) is 37.1 Å². The van der Waals surface area contributed by atoms with Crippen LogP contribution in [-0.2, 0) is 4.79 Å². The van der Waals surface area contributed by atoms with E-state index in [0.717, 1.165) is 35.6 Å². The number of pyridine rings is 1. The predicted molar refractivity (Wildman–Crippen MR) is 101 cm³/mol. The summed E-state index contributed by atoms with van der Waals surface area (Å²) in [5, 5.41) is 4.26. The molecule has 5 nitrogen and oxygen atoms in total. The number of hydrogen-bond acceptors (Lipinski definition) is 4. The number of aromatic nitrogens is 1. The van der Waals surface area contributed by atoms with Gasteiger partial charge in [0.1, 0.15) is 11.6 Å². The number of methoxy groups -OCH3 is 1. The van der Waals surface area contributed by atoms with Gasteiger partial charge in [-0.15, -0.1) is 0 Å². The van der Waals surface area contributed by atoms with Crippen LogP contribution in [0.2, 0.25) is 0 Å². The lowest BCUT2D eigenvalue weighted by Crippen LogP contribution is -2.40. The molecule has 134 valence electrons. The summed E-state index contributed by atoms with van der Waals surface area (Å²) in [6, 6.07) is 8.31. The molecule has 0 radical (unpaired) electrons. The van der Waals surface area contributed by atoms with E-state index < -0.39 is 0 Å². The van der Waals surface area contributed by atoms with Crippen LogP contribution in [0, 0.1) is 18.8 Å². The van der Waals surface area contributed by atoms with E-state index in [9.17, 15) is 4.79 Å². The van der Waals surface area contributed by atoms with Crippen molar-refractivity contribution in [1.29, 1.82) is 0 Å². The van der Waals surface area contributed by atoms with Crippen LogP contribution in [0.25, 0.3) is 10.9 Å². The minimum atomic E-state index is 0.0323. The van der Waals surface area contributed by atoms with E-state index in [2.05, 4.69) is 43.1 Å². The highest BCUT2D eigenvalue weighted by Crippen LogP contribution is 2.31. The topological polar surface area (TPSA) is 54.5 Å². The van der Waals surface area contributed by atoms with Crippen molar-refractivity contribution in [1.82, 2.24) is 10.3 Å². The van der Waals surface area contributed by atoms with Gasteiger partial charge in [0.15, 0.2) is 0 Å². The first-order valence-corrected chi connectivity index (χ1v) is 8.86. The van der Waals surface area contributed by atoms with E-state index in [4.69, 9.17) is 9.72 Å². The van der Waals surface area contributed by atoms with Gasteiger partial charge in [0, 0.05) is 37.4 Å². The largest absolute Gasteiger partial charge is 0.497 e. The molecule has 1 aliphatic rings. The van der Waals surface area contributed by atoms with Gasteiger partial charge < -0.3 is 15.0 Å². The van der Waals surface area contributed by atoms with Gasteiger partial charge in [0.05, 0.1) is 18.7 Å². The van der Waals surface area contributed by atoms with Gasteiger partial charge >= 0.3 is 0 Å². The van der Waals surface area contributed by atoms with Crippen LogP contribution >= 0.6 is 0 Å². The molecule has 2 heterocycles. The highest BCUT2D eigenvalue weighted by Gasteiger charge is 2.35. The number of amides is 1. The molecule has 0 spiro atoms. The second-order valence-electron chi connectivity index (χ2n) is 7.30. The molecule has 2 atom stereocenters. The van der Waals surface area contributed by atoms with Crippen molar-refractivity contribution in [2.45, 2.75) is 33.7 Å². The zero-order chi connectivity index (χ0) is 18.1. The number of rotatable bonds is 4. The minimum absolute atomic E-state index is 0.0323. The lowest BCUT2D eigenvalue weighted by molar-refractivity contribution is -0.119. The first kappa shape index (κ1) is 17.5. The number of anilines is 1. The molecule has 1 aliphatic heterocycles. The standard InChI is InChI=1S/C20H27N3O2/c1-12(2)17-10-23(11-19(17)21-14(4)24)20-8-13(3)16-7-6-15(25-5)9-18(16)22-20/h6-9,12,17,19H,10-11H2,1-5H3,(H,21,24)/t17-,19+/m0/s1. The van der Waals surface area contributed by atoms with Crippen molar-refractivity contribution in [2.75, 3.05) is 25.1 Å². The molecule has 5 heteroatoms. The normalized spacial score (nSPS) is 20.3. The van der Waals surface area contributed by atoms with E-state index in [1.165, 1.54) is 5.56 Å². The quantitative estimate of drug-likeness (QED) is 0.928. The first-order chi connectivity index (χ1) is 11.9. The second kappa shape index (κ2) is 6.90. The third kappa shape index (κ3) is 3.55. The third-order valence-corrected chi connectivity index (χ3v) is 5.14. The molecule has 2 aromatic rings. The molecule has 1 fully saturated rings. The fourth-order valence-corrected chi connectivity index (χ4v) is 3.76. The summed E-state index contributed by atoms with van der Waals surface area (Å²) in [6.45, 7) is 9.83. The van der Waals surface area contributed by atoms with Crippen LogP contribution < -0.4 is 15.0 Å². The van der Waals surface area contributed by atoms with E-state index in [1.54, 1.807) is 14.0 Å². The molecule has 0 aliphatic carbocycles. The number of benzene rings is 1. The van der Waals surface area contributed by atoms with E-state index >= 15 is 0 Å². The van der Waals surface area contributed by atoms with Gasteiger partial charge in [0.25, 0.3) is 0 Å². The number of hydrogen-bond donors (Lipinski definition) is 1. The lowest BCUT2D eigenvalue weighted by Gasteiger charge is -2.21. The number of carbonyl (C=O) groups excluding carboxylic acids is 1. The Balaban J connectivity index is 1.94. The summed E-state index contributed by atoms with van der Waals surface area (Å²) < 4.78 is 5.34. The van der Waals surface area contributed by atoms with Gasteiger partial charge in [-0.2, -0.15) is 0 Å². The molecule has 0 unspecified atom stereocenters. The summed E-state index contributed by atoms with van der Waals surface area (Å²) in [4.78, 5) is 18.7.